The molecule has 1 heterocycles. The average molecular weight is 245 g/mol. The van der Waals surface area contributed by atoms with E-state index >= 15 is 0 Å². The Morgan fingerprint density at radius 1 is 1.00 bits per heavy atom. The summed E-state index contributed by atoms with van der Waals surface area (Å²) < 4.78 is 5.70. The largest absolute Gasteiger partial charge is 0.456 e. The summed E-state index contributed by atoms with van der Waals surface area (Å²) in [5.74, 6) is 0. The van der Waals surface area contributed by atoms with Gasteiger partial charge in [0.1, 0.15) is 11.2 Å². The van der Waals surface area contributed by atoms with Gasteiger partial charge in [-0.2, -0.15) is 0 Å². The first-order chi connectivity index (χ1) is 8.15. The van der Waals surface area contributed by atoms with E-state index in [1.807, 2.05) is 19.1 Å². The molecule has 17 heavy (non-hydrogen) atoms. The van der Waals surface area contributed by atoms with Gasteiger partial charge >= 0.3 is 0 Å². The molecular formula is C14H9ClO2. The van der Waals surface area contributed by atoms with Crippen molar-refractivity contribution in [1.82, 2.24) is 0 Å². The molecule has 0 bridgehead atoms. The van der Waals surface area contributed by atoms with Crippen LogP contribution in [0.3, 0.4) is 0 Å². The number of hydrogen-bond acceptors (Lipinski definition) is 2. The van der Waals surface area contributed by atoms with Crippen LogP contribution < -0.4 is 5.43 Å². The third-order valence-corrected chi connectivity index (χ3v) is 3.02. The molecule has 84 valence electrons. The topological polar surface area (TPSA) is 30.2 Å². The van der Waals surface area contributed by atoms with Gasteiger partial charge in [0, 0.05) is 5.02 Å². The second-order valence-corrected chi connectivity index (χ2v) is 4.51. The average Bonchev–Trinajstić information content (AvgIpc) is 2.30. The van der Waals surface area contributed by atoms with Crippen molar-refractivity contribution in [3.05, 3.63) is 57.2 Å². The summed E-state index contributed by atoms with van der Waals surface area (Å²) in [6.45, 7) is 1.96. The highest BCUT2D eigenvalue weighted by atomic mass is 35.5. The molecule has 0 unspecified atom stereocenters. The highest BCUT2D eigenvalue weighted by Gasteiger charge is 2.07. The Bertz CT molecular complexity index is 787. The van der Waals surface area contributed by atoms with Crippen LogP contribution in [0.5, 0.6) is 0 Å². The predicted molar refractivity (Wildman–Crippen MR) is 69.7 cm³/mol. The van der Waals surface area contributed by atoms with Crippen molar-refractivity contribution in [2.45, 2.75) is 6.92 Å². The van der Waals surface area contributed by atoms with Gasteiger partial charge in [0.25, 0.3) is 0 Å². The molecule has 3 aromatic rings. The Morgan fingerprint density at radius 2 is 1.82 bits per heavy atom. The van der Waals surface area contributed by atoms with E-state index < -0.39 is 0 Å². The quantitative estimate of drug-likeness (QED) is 0.561. The smallest absolute Gasteiger partial charge is 0.200 e. The van der Waals surface area contributed by atoms with E-state index in [0.717, 1.165) is 5.56 Å². The van der Waals surface area contributed by atoms with E-state index in [0.29, 0.717) is 27.0 Å². The van der Waals surface area contributed by atoms with Crippen LogP contribution >= 0.6 is 11.6 Å². The first-order valence-electron chi connectivity index (χ1n) is 5.28. The normalized spacial score (nSPS) is 11.2. The zero-order chi connectivity index (χ0) is 12.0. The number of aryl methyl sites for hydroxylation is 1. The minimum absolute atomic E-state index is 0.0382. The Labute approximate surface area is 102 Å². The van der Waals surface area contributed by atoms with Crippen molar-refractivity contribution in [2.75, 3.05) is 0 Å². The summed E-state index contributed by atoms with van der Waals surface area (Å²) in [6.07, 6.45) is 0. The third kappa shape index (κ3) is 1.61. The van der Waals surface area contributed by atoms with E-state index in [4.69, 9.17) is 16.0 Å². The van der Waals surface area contributed by atoms with Crippen LogP contribution in [0.4, 0.5) is 0 Å². The molecular weight excluding hydrogens is 236 g/mol. The van der Waals surface area contributed by atoms with Gasteiger partial charge in [-0.15, -0.1) is 0 Å². The van der Waals surface area contributed by atoms with E-state index in [-0.39, 0.29) is 5.43 Å². The van der Waals surface area contributed by atoms with Gasteiger partial charge in [-0.05, 0) is 42.8 Å². The zero-order valence-corrected chi connectivity index (χ0v) is 9.91. The molecule has 0 aliphatic heterocycles. The molecule has 3 rings (SSSR count). The van der Waals surface area contributed by atoms with Gasteiger partial charge in [-0.25, -0.2) is 0 Å². The van der Waals surface area contributed by atoms with Crippen molar-refractivity contribution < 1.29 is 4.42 Å². The van der Waals surface area contributed by atoms with Gasteiger partial charge in [0.05, 0.1) is 10.8 Å². The first kappa shape index (κ1) is 10.4. The minimum atomic E-state index is -0.0382. The van der Waals surface area contributed by atoms with Crippen LogP contribution in [0.2, 0.25) is 5.02 Å². The third-order valence-electron chi connectivity index (χ3n) is 2.79. The maximum atomic E-state index is 12.2. The standard InChI is InChI=1S/C14H9ClO2/c1-8-2-4-10-13(6-8)17-12-5-3-9(15)7-11(12)14(10)16/h2-7H,1H3. The van der Waals surface area contributed by atoms with E-state index in [2.05, 4.69) is 0 Å². The SMILES string of the molecule is Cc1ccc2c(=O)c3cc(Cl)ccc3oc2c1. The maximum absolute atomic E-state index is 12.2. The van der Waals surface area contributed by atoms with E-state index in [1.54, 1.807) is 24.3 Å². The molecule has 0 amide bonds. The van der Waals surface area contributed by atoms with E-state index in [9.17, 15) is 4.79 Å². The summed E-state index contributed by atoms with van der Waals surface area (Å²) in [7, 11) is 0. The van der Waals surface area contributed by atoms with Gasteiger partial charge in [-0.1, -0.05) is 17.7 Å². The van der Waals surface area contributed by atoms with Gasteiger partial charge in [0.2, 0.25) is 5.43 Å². The molecule has 0 aliphatic carbocycles. The molecule has 1 aromatic heterocycles. The summed E-state index contributed by atoms with van der Waals surface area (Å²) in [5.41, 5.74) is 2.21. The molecule has 0 spiro atoms. The van der Waals surface area contributed by atoms with Crippen LogP contribution in [0.15, 0.2) is 45.6 Å². The van der Waals surface area contributed by atoms with Crippen LogP contribution in [-0.2, 0) is 0 Å². The molecule has 0 saturated heterocycles. The van der Waals surface area contributed by atoms with Gasteiger partial charge in [-0.3, -0.25) is 4.79 Å². The number of benzene rings is 2. The highest BCUT2D eigenvalue weighted by molar-refractivity contribution is 6.31. The Balaban J connectivity index is 2.57. The predicted octanol–water partition coefficient (Wildman–Crippen LogP) is 3.91. The second kappa shape index (κ2) is 3.60. The van der Waals surface area contributed by atoms with Crippen molar-refractivity contribution in [2.24, 2.45) is 0 Å². The van der Waals surface area contributed by atoms with Crippen LogP contribution in [0, 0.1) is 6.92 Å². The fourth-order valence-corrected chi connectivity index (χ4v) is 2.11. The van der Waals surface area contributed by atoms with Crippen LogP contribution in [0.25, 0.3) is 21.9 Å². The van der Waals surface area contributed by atoms with Crippen molar-refractivity contribution in [3.63, 3.8) is 0 Å². The Kier molecular flexibility index (Phi) is 2.20. The lowest BCUT2D eigenvalue weighted by Gasteiger charge is -2.02. The lowest BCUT2D eigenvalue weighted by molar-refractivity contribution is 0.659. The minimum Gasteiger partial charge on any atom is -0.456 e. The number of fused-ring (bicyclic) bond motifs is 2. The lowest BCUT2D eigenvalue weighted by atomic mass is 10.1. The Hall–Kier alpha value is -1.80. The zero-order valence-electron chi connectivity index (χ0n) is 9.16. The van der Waals surface area contributed by atoms with Crippen LogP contribution in [-0.4, -0.2) is 0 Å². The molecule has 0 fully saturated rings. The molecule has 0 N–H and O–H groups in total. The van der Waals surface area contributed by atoms with E-state index in [1.165, 1.54) is 0 Å². The summed E-state index contributed by atoms with van der Waals surface area (Å²) in [4.78, 5) is 12.2. The maximum Gasteiger partial charge on any atom is 0.200 e. The number of hydrogen-bond donors (Lipinski definition) is 0. The summed E-state index contributed by atoms with van der Waals surface area (Å²) >= 11 is 5.89. The molecule has 3 heteroatoms. The molecule has 2 aromatic carbocycles. The fraction of sp³-hybridized carbons (Fsp3) is 0.0714. The Morgan fingerprint density at radius 3 is 2.65 bits per heavy atom. The van der Waals surface area contributed by atoms with Crippen LogP contribution in [0.1, 0.15) is 5.56 Å². The molecule has 0 saturated carbocycles. The van der Waals surface area contributed by atoms with Gasteiger partial charge < -0.3 is 4.42 Å². The molecule has 0 atom stereocenters. The highest BCUT2D eigenvalue weighted by Crippen LogP contribution is 2.22. The summed E-state index contributed by atoms with van der Waals surface area (Å²) in [5, 5.41) is 1.65. The molecule has 2 nitrogen and oxygen atoms in total. The molecule has 0 radical (unpaired) electrons. The van der Waals surface area contributed by atoms with Crippen molar-refractivity contribution in [1.29, 1.82) is 0 Å². The van der Waals surface area contributed by atoms with Crippen molar-refractivity contribution >= 4 is 33.5 Å². The fourth-order valence-electron chi connectivity index (χ4n) is 1.93. The number of halogens is 1. The monoisotopic (exact) mass is 244 g/mol. The first-order valence-corrected chi connectivity index (χ1v) is 5.66. The van der Waals surface area contributed by atoms with Crippen molar-refractivity contribution in [3.8, 4) is 0 Å². The summed E-state index contributed by atoms with van der Waals surface area (Å²) in [6, 6.07) is 10.6. The second-order valence-electron chi connectivity index (χ2n) is 4.07. The molecule has 0 aliphatic rings. The van der Waals surface area contributed by atoms with Gasteiger partial charge in [0.15, 0.2) is 0 Å². The number of rotatable bonds is 0. The lowest BCUT2D eigenvalue weighted by Crippen LogP contribution is -2.01.